The van der Waals surface area contributed by atoms with Crippen LogP contribution in [0.25, 0.3) is 0 Å². The molecule has 1 fully saturated rings. The summed E-state index contributed by atoms with van der Waals surface area (Å²) in [5, 5.41) is 6.07. The van der Waals surface area contributed by atoms with Crippen molar-refractivity contribution in [3.05, 3.63) is 95.6 Å². The van der Waals surface area contributed by atoms with Crippen molar-refractivity contribution in [2.45, 2.75) is 43.9 Å². The number of rotatable bonds is 6. The van der Waals surface area contributed by atoms with Gasteiger partial charge in [-0.3, -0.25) is 0 Å². The monoisotopic (exact) mass is 484 g/mol. The summed E-state index contributed by atoms with van der Waals surface area (Å²) >= 11 is 0. The van der Waals surface area contributed by atoms with Crippen LogP contribution < -0.4 is 20.3 Å². The molecule has 0 radical (unpaired) electrons. The molecule has 3 atom stereocenters. The molecule has 0 bridgehead atoms. The summed E-state index contributed by atoms with van der Waals surface area (Å²) in [6.45, 7) is 0.981. The number of fused-ring (bicyclic) bond motifs is 3. The third-order valence-corrected chi connectivity index (χ3v) is 7.25. The van der Waals surface area contributed by atoms with Crippen LogP contribution in [0.1, 0.15) is 35.4 Å². The van der Waals surface area contributed by atoms with Crippen LogP contribution in [0.5, 0.6) is 5.75 Å². The number of hydrogen-bond acceptors (Lipinski definition) is 4. The molecule has 3 amide bonds. The molecule has 186 valence electrons. The fourth-order valence-electron chi connectivity index (χ4n) is 5.50. The lowest BCUT2D eigenvalue weighted by Crippen LogP contribution is -2.50. The van der Waals surface area contributed by atoms with E-state index in [0.717, 1.165) is 29.7 Å². The van der Waals surface area contributed by atoms with Gasteiger partial charge in [0.25, 0.3) is 0 Å². The van der Waals surface area contributed by atoms with Crippen LogP contribution in [0.15, 0.2) is 78.9 Å². The molecule has 2 N–H and O–H groups in total. The Bertz CT molecular complexity index is 1220. The smallest absolute Gasteiger partial charge is 0.410 e. The minimum atomic E-state index is -0.472. The molecule has 3 aromatic rings. The van der Waals surface area contributed by atoms with Gasteiger partial charge in [0, 0.05) is 38.8 Å². The van der Waals surface area contributed by atoms with E-state index in [4.69, 9.17) is 4.74 Å². The molecule has 2 aliphatic rings. The third kappa shape index (κ3) is 5.00. The minimum Gasteiger partial charge on any atom is -0.410 e. The van der Waals surface area contributed by atoms with Gasteiger partial charge in [0.15, 0.2) is 0 Å². The average Bonchev–Trinajstić information content (AvgIpc) is 3.43. The Balaban J connectivity index is 1.20. The lowest BCUT2D eigenvalue weighted by atomic mass is 9.97. The number of carbonyl (C=O) groups excluding carboxylic acids is 2. The van der Waals surface area contributed by atoms with Gasteiger partial charge < -0.3 is 25.2 Å². The lowest BCUT2D eigenvalue weighted by molar-refractivity contribution is 0.199. The molecule has 5 rings (SSSR count). The van der Waals surface area contributed by atoms with E-state index in [1.165, 1.54) is 5.56 Å². The number of urea groups is 1. The van der Waals surface area contributed by atoms with Gasteiger partial charge >= 0.3 is 12.1 Å². The Morgan fingerprint density at radius 3 is 2.39 bits per heavy atom. The molecular weight excluding hydrogens is 452 g/mol. The molecule has 3 aromatic carbocycles. The summed E-state index contributed by atoms with van der Waals surface area (Å²) < 4.78 is 5.58. The molecule has 1 aliphatic heterocycles. The summed E-state index contributed by atoms with van der Waals surface area (Å²) in [7, 11) is 3.91. The summed E-state index contributed by atoms with van der Waals surface area (Å²) in [6, 6.07) is 25.7. The average molecular weight is 485 g/mol. The van der Waals surface area contributed by atoms with E-state index in [2.05, 4.69) is 22.6 Å². The molecule has 0 saturated heterocycles. The number of amides is 3. The number of hydrogen-bond donors (Lipinski definition) is 2. The fraction of sp³-hybridized carbons (Fsp3) is 0.310. The quantitative estimate of drug-likeness (QED) is 0.523. The lowest BCUT2D eigenvalue weighted by Gasteiger charge is -2.30. The van der Waals surface area contributed by atoms with Crippen molar-refractivity contribution in [1.29, 1.82) is 0 Å². The van der Waals surface area contributed by atoms with Gasteiger partial charge in [0.1, 0.15) is 5.75 Å². The Morgan fingerprint density at radius 2 is 1.67 bits per heavy atom. The molecule has 36 heavy (non-hydrogen) atoms. The Hall–Kier alpha value is -4.00. The molecule has 7 heteroatoms. The van der Waals surface area contributed by atoms with Crippen molar-refractivity contribution in [2.75, 3.05) is 19.0 Å². The Labute approximate surface area is 212 Å². The number of nitrogens with zero attached hydrogens (tertiary/aromatic N) is 2. The fourth-order valence-corrected chi connectivity index (χ4v) is 5.50. The first-order valence-electron chi connectivity index (χ1n) is 12.4. The van der Waals surface area contributed by atoms with Gasteiger partial charge in [-0.05, 0) is 47.7 Å². The van der Waals surface area contributed by atoms with Gasteiger partial charge in [-0.2, -0.15) is 0 Å². The maximum absolute atomic E-state index is 12.9. The van der Waals surface area contributed by atoms with Crippen LogP contribution >= 0.6 is 0 Å². The topological polar surface area (TPSA) is 73.9 Å². The van der Waals surface area contributed by atoms with Crippen LogP contribution in [0, 0.1) is 0 Å². The first kappa shape index (κ1) is 23.7. The zero-order valence-electron chi connectivity index (χ0n) is 20.7. The van der Waals surface area contributed by atoms with Crippen molar-refractivity contribution in [2.24, 2.45) is 0 Å². The van der Waals surface area contributed by atoms with Gasteiger partial charge in [-0.1, -0.05) is 60.7 Å². The van der Waals surface area contributed by atoms with Crippen molar-refractivity contribution in [3.63, 3.8) is 0 Å². The third-order valence-electron chi connectivity index (χ3n) is 7.25. The van der Waals surface area contributed by atoms with Crippen LogP contribution in [-0.2, 0) is 13.1 Å². The molecule has 1 saturated carbocycles. The predicted octanol–water partition coefficient (Wildman–Crippen LogP) is 4.88. The van der Waals surface area contributed by atoms with Gasteiger partial charge in [0.2, 0.25) is 0 Å². The van der Waals surface area contributed by atoms with E-state index >= 15 is 0 Å². The number of ether oxygens (including phenoxy) is 1. The minimum absolute atomic E-state index is 0.0525. The largest absolute Gasteiger partial charge is 0.412 e. The van der Waals surface area contributed by atoms with E-state index < -0.39 is 6.09 Å². The van der Waals surface area contributed by atoms with Gasteiger partial charge in [0.05, 0.1) is 12.1 Å². The molecule has 1 heterocycles. The highest BCUT2D eigenvalue weighted by Gasteiger charge is 2.46. The Kier molecular flexibility index (Phi) is 6.80. The number of benzene rings is 3. The number of nitrogens with one attached hydrogen (secondary N) is 2. The maximum atomic E-state index is 12.9. The van der Waals surface area contributed by atoms with E-state index in [1.807, 2.05) is 85.9 Å². The Morgan fingerprint density at radius 1 is 0.972 bits per heavy atom. The van der Waals surface area contributed by atoms with Crippen molar-refractivity contribution in [3.8, 4) is 5.75 Å². The highest BCUT2D eigenvalue weighted by molar-refractivity contribution is 5.75. The zero-order valence-corrected chi connectivity index (χ0v) is 20.7. The summed E-state index contributed by atoms with van der Waals surface area (Å²) in [6.07, 6.45) is 1.41. The van der Waals surface area contributed by atoms with E-state index in [-0.39, 0.29) is 24.0 Å². The predicted molar refractivity (Wildman–Crippen MR) is 140 cm³/mol. The van der Waals surface area contributed by atoms with Crippen LogP contribution in [-0.4, -0.2) is 43.2 Å². The first-order valence-corrected chi connectivity index (χ1v) is 12.4. The first-order chi connectivity index (χ1) is 17.5. The van der Waals surface area contributed by atoms with Crippen molar-refractivity contribution in [1.82, 2.24) is 15.5 Å². The summed E-state index contributed by atoms with van der Waals surface area (Å²) in [4.78, 5) is 29.3. The van der Waals surface area contributed by atoms with Crippen molar-refractivity contribution < 1.29 is 14.3 Å². The van der Waals surface area contributed by atoms with E-state index in [1.54, 1.807) is 4.90 Å². The standard InChI is InChI=1S/C29H32N4O3/c1-32(19-21-11-7-4-8-12-21)28(34)31-25-15-14-23-24-17-22(13-16-26(24)33(2)27(23)25)36-29(35)30-18-20-9-5-3-6-10-20/h3-13,16-17,23,25,27H,14-15,18-19H2,1-2H3,(H,30,35)(H,31,34). The van der Waals surface area contributed by atoms with Gasteiger partial charge in [-0.25, -0.2) is 9.59 Å². The second-order valence-corrected chi connectivity index (χ2v) is 9.63. The highest BCUT2D eigenvalue weighted by atomic mass is 16.6. The second kappa shape index (κ2) is 10.3. The normalized spacial score (nSPS) is 19.8. The highest BCUT2D eigenvalue weighted by Crippen LogP contribution is 2.49. The van der Waals surface area contributed by atoms with Crippen LogP contribution in [0.2, 0.25) is 0 Å². The molecule has 0 spiro atoms. The van der Waals surface area contributed by atoms with E-state index in [9.17, 15) is 9.59 Å². The van der Waals surface area contributed by atoms with E-state index in [0.29, 0.717) is 18.8 Å². The summed E-state index contributed by atoms with van der Waals surface area (Å²) in [5.74, 6) is 0.814. The van der Waals surface area contributed by atoms with Crippen LogP contribution in [0.3, 0.4) is 0 Å². The van der Waals surface area contributed by atoms with Gasteiger partial charge in [-0.15, -0.1) is 0 Å². The van der Waals surface area contributed by atoms with Crippen molar-refractivity contribution >= 4 is 17.8 Å². The van der Waals surface area contributed by atoms with Crippen LogP contribution in [0.4, 0.5) is 15.3 Å². The second-order valence-electron chi connectivity index (χ2n) is 9.63. The SMILES string of the molecule is CN(Cc1ccccc1)C(=O)NC1CCC2c3cc(OC(=O)NCc4ccccc4)ccc3N(C)C12. The molecular formula is C29H32N4O3. The number of anilines is 1. The molecule has 1 aliphatic carbocycles. The number of carbonyl (C=O) groups is 2. The maximum Gasteiger partial charge on any atom is 0.412 e. The number of likely N-dealkylation sites (N-methyl/N-ethyl adjacent to an activating group) is 1. The molecule has 7 nitrogen and oxygen atoms in total. The molecule has 3 unspecified atom stereocenters. The zero-order chi connectivity index (χ0) is 25.1. The molecule has 0 aromatic heterocycles. The summed E-state index contributed by atoms with van der Waals surface area (Å²) in [5.41, 5.74) is 4.41.